The highest BCUT2D eigenvalue weighted by molar-refractivity contribution is 7.14. The number of rotatable bonds is 10. The zero-order valence-corrected chi connectivity index (χ0v) is 18.4. The van der Waals surface area contributed by atoms with Gasteiger partial charge in [-0.1, -0.05) is 19.4 Å². The van der Waals surface area contributed by atoms with Gasteiger partial charge in [0, 0.05) is 17.0 Å². The molecule has 0 aliphatic rings. The number of carbonyl (C=O) groups is 1. The summed E-state index contributed by atoms with van der Waals surface area (Å²) in [6.45, 7) is 5.20. The van der Waals surface area contributed by atoms with E-state index in [4.69, 9.17) is 9.47 Å². The summed E-state index contributed by atoms with van der Waals surface area (Å²) in [5.41, 5.74) is 2.30. The number of anilines is 1. The summed E-state index contributed by atoms with van der Waals surface area (Å²) in [7, 11) is 0. The minimum atomic E-state index is -0.300. The summed E-state index contributed by atoms with van der Waals surface area (Å²) >= 11 is 1.31. The number of amides is 1. The molecule has 0 spiro atoms. The first-order chi connectivity index (χ1) is 15.1. The van der Waals surface area contributed by atoms with Crippen LogP contribution in [-0.2, 0) is 4.79 Å². The van der Waals surface area contributed by atoms with Crippen LogP contribution in [0.2, 0.25) is 0 Å². The van der Waals surface area contributed by atoms with Crippen LogP contribution in [0.25, 0.3) is 17.3 Å². The van der Waals surface area contributed by atoms with Crippen molar-refractivity contribution in [1.29, 1.82) is 0 Å². The summed E-state index contributed by atoms with van der Waals surface area (Å²) < 4.78 is 24.5. The van der Waals surface area contributed by atoms with Crippen molar-refractivity contribution in [3.05, 3.63) is 65.3 Å². The van der Waals surface area contributed by atoms with Crippen LogP contribution in [0.15, 0.2) is 53.9 Å². The summed E-state index contributed by atoms with van der Waals surface area (Å²) in [6, 6.07) is 11.7. The molecule has 1 amide bonds. The molecule has 0 atom stereocenters. The first-order valence-electron chi connectivity index (χ1n) is 10.2. The highest BCUT2D eigenvalue weighted by Crippen LogP contribution is 2.29. The monoisotopic (exact) mass is 440 g/mol. The van der Waals surface area contributed by atoms with Crippen LogP contribution in [0.1, 0.15) is 32.3 Å². The first kappa shape index (κ1) is 22.5. The number of hydrogen-bond acceptors (Lipinski definition) is 5. The number of ether oxygens (including phenoxy) is 2. The molecule has 0 fully saturated rings. The molecule has 1 heterocycles. The molecular weight excluding hydrogens is 415 g/mol. The predicted octanol–water partition coefficient (Wildman–Crippen LogP) is 6.18. The van der Waals surface area contributed by atoms with Gasteiger partial charge in [-0.2, -0.15) is 0 Å². The number of hydrogen-bond donors (Lipinski definition) is 1. The van der Waals surface area contributed by atoms with E-state index in [-0.39, 0.29) is 11.7 Å². The Kier molecular flexibility index (Phi) is 8.18. The molecule has 0 radical (unpaired) electrons. The minimum Gasteiger partial charge on any atom is -0.490 e. The summed E-state index contributed by atoms with van der Waals surface area (Å²) in [4.78, 5) is 16.7. The van der Waals surface area contributed by atoms with E-state index in [0.29, 0.717) is 35.5 Å². The number of unbranched alkanes of at least 4 members (excludes halogenated alkanes) is 1. The van der Waals surface area contributed by atoms with Crippen molar-refractivity contribution >= 4 is 28.5 Å². The van der Waals surface area contributed by atoms with E-state index in [1.165, 1.54) is 29.5 Å². The molecular formula is C24H25FN2O3S. The molecule has 1 aromatic heterocycles. The lowest BCUT2D eigenvalue weighted by Crippen LogP contribution is -2.07. The fourth-order valence-electron chi connectivity index (χ4n) is 2.75. The van der Waals surface area contributed by atoms with E-state index in [9.17, 15) is 9.18 Å². The Balaban J connectivity index is 1.63. The molecule has 162 valence electrons. The van der Waals surface area contributed by atoms with Gasteiger partial charge in [0.25, 0.3) is 0 Å². The van der Waals surface area contributed by atoms with Crippen LogP contribution >= 0.6 is 11.3 Å². The SMILES string of the molecule is CCCCOc1ccc(/C=C/C(=O)Nc2nc(-c3ccc(F)cc3)cs2)cc1OCC. The molecule has 31 heavy (non-hydrogen) atoms. The zero-order valence-electron chi connectivity index (χ0n) is 17.6. The fraction of sp³-hybridized carbons (Fsp3) is 0.250. The number of nitrogens with zero attached hydrogens (tertiary/aromatic N) is 1. The Bertz CT molecular complexity index is 1030. The van der Waals surface area contributed by atoms with Crippen LogP contribution in [0.3, 0.4) is 0 Å². The third-order valence-electron chi connectivity index (χ3n) is 4.32. The van der Waals surface area contributed by atoms with Gasteiger partial charge in [0.05, 0.1) is 18.9 Å². The standard InChI is InChI=1S/C24H25FN2O3S/c1-3-5-14-30-21-12-6-17(15-22(21)29-4-2)7-13-23(28)27-24-26-20(16-31-24)18-8-10-19(25)11-9-18/h6-13,15-16H,3-5,14H2,1-2H3,(H,26,27,28)/b13-7+. The molecule has 5 nitrogen and oxygen atoms in total. The van der Waals surface area contributed by atoms with Crippen LogP contribution in [0.4, 0.5) is 9.52 Å². The Morgan fingerprint density at radius 1 is 1.13 bits per heavy atom. The van der Waals surface area contributed by atoms with Gasteiger partial charge in [-0.3, -0.25) is 10.1 Å². The van der Waals surface area contributed by atoms with E-state index in [0.717, 1.165) is 24.0 Å². The molecule has 1 N–H and O–H groups in total. The third-order valence-corrected chi connectivity index (χ3v) is 5.08. The van der Waals surface area contributed by atoms with Crippen LogP contribution in [-0.4, -0.2) is 24.1 Å². The quantitative estimate of drug-likeness (QED) is 0.302. The molecule has 0 saturated carbocycles. The molecule has 0 aliphatic carbocycles. The molecule has 3 rings (SSSR count). The molecule has 0 saturated heterocycles. The highest BCUT2D eigenvalue weighted by atomic mass is 32.1. The second-order valence-corrected chi connectivity index (χ2v) is 7.57. The Hall–Kier alpha value is -3.19. The van der Waals surface area contributed by atoms with E-state index in [1.54, 1.807) is 18.2 Å². The minimum absolute atomic E-state index is 0.291. The van der Waals surface area contributed by atoms with Crippen molar-refractivity contribution in [1.82, 2.24) is 4.98 Å². The lowest BCUT2D eigenvalue weighted by atomic mass is 10.2. The van der Waals surface area contributed by atoms with E-state index in [2.05, 4.69) is 17.2 Å². The van der Waals surface area contributed by atoms with E-state index in [1.807, 2.05) is 30.5 Å². The van der Waals surface area contributed by atoms with Gasteiger partial charge in [0.2, 0.25) is 5.91 Å². The number of thiazole rings is 1. The van der Waals surface area contributed by atoms with Crippen LogP contribution in [0, 0.1) is 5.82 Å². The van der Waals surface area contributed by atoms with Crippen LogP contribution in [0.5, 0.6) is 11.5 Å². The van der Waals surface area contributed by atoms with Crippen molar-refractivity contribution in [2.45, 2.75) is 26.7 Å². The predicted molar refractivity (Wildman–Crippen MR) is 123 cm³/mol. The second-order valence-electron chi connectivity index (χ2n) is 6.71. The lowest BCUT2D eigenvalue weighted by molar-refractivity contribution is -0.111. The average molecular weight is 441 g/mol. The van der Waals surface area contributed by atoms with Gasteiger partial charge >= 0.3 is 0 Å². The lowest BCUT2D eigenvalue weighted by Gasteiger charge is -2.12. The fourth-order valence-corrected chi connectivity index (χ4v) is 3.47. The molecule has 0 aliphatic heterocycles. The second kappa shape index (κ2) is 11.3. The Morgan fingerprint density at radius 2 is 1.94 bits per heavy atom. The van der Waals surface area contributed by atoms with Crippen molar-refractivity contribution in [2.75, 3.05) is 18.5 Å². The molecule has 0 unspecified atom stereocenters. The van der Waals surface area contributed by atoms with Gasteiger partial charge in [-0.05, 0) is 61.4 Å². The number of aromatic nitrogens is 1. The smallest absolute Gasteiger partial charge is 0.250 e. The number of halogens is 1. The van der Waals surface area contributed by atoms with E-state index >= 15 is 0 Å². The molecule has 0 bridgehead atoms. The average Bonchev–Trinajstić information content (AvgIpc) is 3.23. The van der Waals surface area contributed by atoms with Crippen molar-refractivity contribution in [3.63, 3.8) is 0 Å². The van der Waals surface area contributed by atoms with Gasteiger partial charge in [0.1, 0.15) is 5.82 Å². The van der Waals surface area contributed by atoms with Gasteiger partial charge in [0.15, 0.2) is 16.6 Å². The van der Waals surface area contributed by atoms with Crippen molar-refractivity contribution < 1.29 is 18.7 Å². The Labute approximate surface area is 185 Å². The maximum absolute atomic E-state index is 13.1. The molecule has 2 aromatic carbocycles. The Morgan fingerprint density at radius 3 is 2.68 bits per heavy atom. The van der Waals surface area contributed by atoms with Gasteiger partial charge < -0.3 is 9.47 Å². The van der Waals surface area contributed by atoms with Crippen LogP contribution < -0.4 is 14.8 Å². The first-order valence-corrected chi connectivity index (χ1v) is 11.1. The largest absolute Gasteiger partial charge is 0.490 e. The normalized spacial score (nSPS) is 10.9. The molecule has 3 aromatic rings. The van der Waals surface area contributed by atoms with Crippen molar-refractivity contribution in [2.24, 2.45) is 0 Å². The van der Waals surface area contributed by atoms with E-state index < -0.39 is 0 Å². The van der Waals surface area contributed by atoms with Gasteiger partial charge in [-0.15, -0.1) is 11.3 Å². The van der Waals surface area contributed by atoms with Gasteiger partial charge in [-0.25, -0.2) is 9.37 Å². The summed E-state index contributed by atoms with van der Waals surface area (Å²) in [5, 5.41) is 5.04. The number of carbonyl (C=O) groups excluding carboxylic acids is 1. The third kappa shape index (κ3) is 6.65. The summed E-state index contributed by atoms with van der Waals surface area (Å²) in [5.74, 6) is 0.768. The molecule has 7 heteroatoms. The topological polar surface area (TPSA) is 60.5 Å². The zero-order chi connectivity index (χ0) is 22.1. The maximum Gasteiger partial charge on any atom is 0.250 e. The number of benzene rings is 2. The summed E-state index contributed by atoms with van der Waals surface area (Å²) in [6.07, 6.45) is 5.20. The maximum atomic E-state index is 13.1. The van der Waals surface area contributed by atoms with Crippen molar-refractivity contribution in [3.8, 4) is 22.8 Å². The highest BCUT2D eigenvalue weighted by Gasteiger charge is 2.08. The number of nitrogens with one attached hydrogen (secondary N) is 1.